The molecule has 3 aliphatic heterocycles. The van der Waals surface area contributed by atoms with Gasteiger partial charge in [0.05, 0.1) is 30.5 Å². The molecule has 0 aliphatic carbocycles. The first-order valence-corrected chi connectivity index (χ1v) is 13.9. The van der Waals surface area contributed by atoms with Crippen molar-refractivity contribution in [3.63, 3.8) is 0 Å². The average Bonchev–Trinajstić information content (AvgIpc) is 3.53. The Bertz CT molecular complexity index is 1320. The second-order valence-electron chi connectivity index (χ2n) is 11.7. The van der Waals surface area contributed by atoms with Crippen molar-refractivity contribution in [1.82, 2.24) is 19.7 Å². The van der Waals surface area contributed by atoms with E-state index in [4.69, 9.17) is 4.74 Å². The molecule has 0 saturated carbocycles. The van der Waals surface area contributed by atoms with Crippen LogP contribution in [0.2, 0.25) is 0 Å². The maximum atomic E-state index is 14.6. The Kier molecular flexibility index (Phi) is 6.95. The third kappa shape index (κ3) is 5.73. The molecular formula is C29H42FN7O2. The maximum Gasteiger partial charge on any atom is 0.246 e. The fourth-order valence-corrected chi connectivity index (χ4v) is 5.82. The second kappa shape index (κ2) is 10.4. The summed E-state index contributed by atoms with van der Waals surface area (Å²) in [5.74, 6) is 0.273. The fourth-order valence-electron chi connectivity index (χ4n) is 5.82. The number of piperazine rings is 1. The Balaban J connectivity index is 0.00000194. The number of aromatic nitrogens is 3. The zero-order chi connectivity index (χ0) is 27.1. The van der Waals surface area contributed by atoms with Crippen molar-refractivity contribution in [2.75, 3.05) is 67.6 Å². The number of ether oxygens (including phenoxy) is 1. The topological polar surface area (TPSA) is 81.9 Å². The number of aryl methyl sites for hydroxylation is 1. The van der Waals surface area contributed by atoms with E-state index in [1.54, 1.807) is 17.1 Å². The van der Waals surface area contributed by atoms with Crippen molar-refractivity contribution < 1.29 is 17.1 Å². The van der Waals surface area contributed by atoms with Crippen LogP contribution in [0.5, 0.6) is 0 Å². The average molecular weight is 540 g/mol. The molecule has 9 nitrogen and oxygen atoms in total. The summed E-state index contributed by atoms with van der Waals surface area (Å²) in [5, 5.41) is 18.3. The van der Waals surface area contributed by atoms with Crippen molar-refractivity contribution >= 4 is 23.0 Å². The Hall–Kier alpha value is -3.21. The lowest BCUT2D eigenvalue weighted by Gasteiger charge is -2.43. The summed E-state index contributed by atoms with van der Waals surface area (Å²) in [6.45, 7) is 13.0. The third-order valence-corrected chi connectivity index (χ3v) is 8.31. The Morgan fingerprint density at radius 1 is 0.974 bits per heavy atom. The highest BCUT2D eigenvalue weighted by molar-refractivity contribution is 5.64. The van der Waals surface area contributed by atoms with E-state index >= 15 is 0 Å². The van der Waals surface area contributed by atoms with Crippen LogP contribution in [0.25, 0.3) is 5.69 Å². The van der Waals surface area contributed by atoms with Gasteiger partial charge in [-0.25, -0.2) is 9.07 Å². The van der Waals surface area contributed by atoms with Crippen LogP contribution in [-0.4, -0.2) is 88.9 Å². The van der Waals surface area contributed by atoms with Crippen LogP contribution in [0, 0.1) is 18.7 Å². The molecule has 4 heterocycles. The molecule has 0 spiro atoms. The van der Waals surface area contributed by atoms with E-state index in [1.807, 2.05) is 19.9 Å². The minimum absolute atomic E-state index is 0. The van der Waals surface area contributed by atoms with Gasteiger partial charge in [-0.3, -0.25) is 4.90 Å². The predicted molar refractivity (Wildman–Crippen MR) is 155 cm³/mol. The lowest BCUT2D eigenvalue weighted by atomic mass is 9.90. The summed E-state index contributed by atoms with van der Waals surface area (Å²) in [4.78, 5) is 11.5. The molecule has 1 unspecified atom stereocenters. The van der Waals surface area contributed by atoms with Crippen LogP contribution < -0.4 is 15.1 Å². The molecule has 0 amide bonds. The van der Waals surface area contributed by atoms with E-state index in [0.29, 0.717) is 24.2 Å². The number of benzene rings is 2. The second-order valence-corrected chi connectivity index (χ2v) is 11.7. The molecule has 0 bridgehead atoms. The van der Waals surface area contributed by atoms with Gasteiger partial charge in [-0.15, -0.1) is 5.10 Å². The zero-order valence-electron chi connectivity index (χ0n) is 23.0. The SMILES string of the molecule is Cc1cc(Nc2ncn(-c3cc(F)cc(N4CCC(C(C)(C)O)C4)c3)n2)cc(N2CCN(C3COC3)CC2)c1.[HH].[HH]. The maximum absolute atomic E-state index is 14.6. The summed E-state index contributed by atoms with van der Waals surface area (Å²) in [7, 11) is 0. The molecule has 1 aromatic heterocycles. The predicted octanol–water partition coefficient (Wildman–Crippen LogP) is 4.07. The molecule has 212 valence electrons. The first-order chi connectivity index (χ1) is 18.7. The van der Waals surface area contributed by atoms with E-state index < -0.39 is 5.60 Å². The number of halogens is 1. The van der Waals surface area contributed by atoms with E-state index in [-0.39, 0.29) is 14.6 Å². The smallest absolute Gasteiger partial charge is 0.246 e. The van der Waals surface area contributed by atoms with Gasteiger partial charge in [-0.05, 0) is 69.2 Å². The number of anilines is 4. The van der Waals surface area contributed by atoms with Crippen LogP contribution in [0.15, 0.2) is 42.7 Å². The molecule has 39 heavy (non-hydrogen) atoms. The van der Waals surface area contributed by atoms with E-state index in [1.165, 1.54) is 11.8 Å². The first kappa shape index (κ1) is 26.0. The summed E-state index contributed by atoms with van der Waals surface area (Å²) < 4.78 is 21.6. The lowest BCUT2D eigenvalue weighted by molar-refractivity contribution is -0.0660. The monoisotopic (exact) mass is 539 g/mol. The number of aliphatic hydroxyl groups is 1. The molecule has 1 atom stereocenters. The normalized spacial score (nSPS) is 20.9. The van der Waals surface area contributed by atoms with Crippen LogP contribution in [-0.2, 0) is 4.74 Å². The van der Waals surface area contributed by atoms with Crippen molar-refractivity contribution in [3.05, 3.63) is 54.1 Å². The molecular weight excluding hydrogens is 497 g/mol. The van der Waals surface area contributed by atoms with Gasteiger partial charge in [0.1, 0.15) is 12.1 Å². The van der Waals surface area contributed by atoms with Gasteiger partial charge in [0, 0.05) is 65.1 Å². The molecule has 10 heteroatoms. The minimum atomic E-state index is -0.757. The van der Waals surface area contributed by atoms with Crippen molar-refractivity contribution in [1.29, 1.82) is 0 Å². The van der Waals surface area contributed by atoms with Crippen molar-refractivity contribution in [2.45, 2.75) is 38.8 Å². The minimum Gasteiger partial charge on any atom is -0.390 e. The number of hydrogen-bond donors (Lipinski definition) is 2. The largest absolute Gasteiger partial charge is 0.390 e. The van der Waals surface area contributed by atoms with Gasteiger partial charge in [-0.1, -0.05) is 0 Å². The van der Waals surface area contributed by atoms with Crippen LogP contribution in [0.4, 0.5) is 27.4 Å². The summed E-state index contributed by atoms with van der Waals surface area (Å²) in [5.41, 5.74) is 3.91. The lowest BCUT2D eigenvalue weighted by Crippen LogP contribution is -2.56. The molecule has 3 aromatic rings. The molecule has 3 aliphatic rings. The van der Waals surface area contributed by atoms with Crippen LogP contribution >= 0.6 is 0 Å². The van der Waals surface area contributed by atoms with Crippen molar-refractivity contribution in [3.8, 4) is 5.69 Å². The highest BCUT2D eigenvalue weighted by Gasteiger charge is 2.34. The highest BCUT2D eigenvalue weighted by atomic mass is 19.1. The number of nitrogens with one attached hydrogen (secondary N) is 1. The number of nitrogens with zero attached hydrogens (tertiary/aromatic N) is 6. The zero-order valence-corrected chi connectivity index (χ0v) is 23.0. The van der Waals surface area contributed by atoms with Crippen LogP contribution in [0.3, 0.4) is 0 Å². The van der Waals surface area contributed by atoms with E-state index in [0.717, 1.165) is 69.3 Å². The molecule has 3 saturated heterocycles. The quantitative estimate of drug-likeness (QED) is 0.465. The van der Waals surface area contributed by atoms with E-state index in [2.05, 4.69) is 55.2 Å². The molecule has 2 aromatic carbocycles. The van der Waals surface area contributed by atoms with Gasteiger partial charge in [-0.2, -0.15) is 4.98 Å². The molecule has 6 rings (SSSR count). The first-order valence-electron chi connectivity index (χ1n) is 13.9. The highest BCUT2D eigenvalue weighted by Crippen LogP contribution is 2.32. The van der Waals surface area contributed by atoms with Crippen molar-refractivity contribution in [2.24, 2.45) is 5.92 Å². The number of rotatable bonds is 7. The summed E-state index contributed by atoms with van der Waals surface area (Å²) in [6, 6.07) is 12.0. The van der Waals surface area contributed by atoms with Gasteiger partial charge in [0.25, 0.3) is 0 Å². The van der Waals surface area contributed by atoms with Gasteiger partial charge in [0.2, 0.25) is 5.95 Å². The summed E-state index contributed by atoms with van der Waals surface area (Å²) in [6.07, 6.45) is 2.47. The molecule has 3 fully saturated rings. The Morgan fingerprint density at radius 2 is 1.72 bits per heavy atom. The number of hydrogen-bond acceptors (Lipinski definition) is 8. The Morgan fingerprint density at radius 3 is 2.41 bits per heavy atom. The Labute approximate surface area is 232 Å². The molecule has 0 radical (unpaired) electrons. The summed E-state index contributed by atoms with van der Waals surface area (Å²) >= 11 is 0. The van der Waals surface area contributed by atoms with Gasteiger partial charge in [0.15, 0.2) is 0 Å². The standard InChI is InChI=1S/C29H38FN7O2.2H2/c1-20-10-23(14-24(11-20)34-6-8-35(9-7-34)27-17-39-18-27)32-28-31-19-37(33-28)26-13-22(30)12-25(15-26)36-5-4-21(16-36)29(2,3)38;;/h10-15,19,21,27,38H,4-9,16-18H2,1-3H3,(H,32,33);2*1H. The van der Waals surface area contributed by atoms with Gasteiger partial charge < -0.3 is 25.0 Å². The van der Waals surface area contributed by atoms with Gasteiger partial charge >= 0.3 is 0 Å². The van der Waals surface area contributed by atoms with Crippen LogP contribution in [0.1, 0.15) is 28.7 Å². The third-order valence-electron chi connectivity index (χ3n) is 8.31. The fraction of sp³-hybridized carbons (Fsp3) is 0.517. The molecule has 2 N–H and O–H groups in total. The van der Waals surface area contributed by atoms with E-state index in [9.17, 15) is 9.50 Å².